The summed E-state index contributed by atoms with van der Waals surface area (Å²) >= 11 is 0. The van der Waals surface area contributed by atoms with Crippen molar-refractivity contribution in [2.75, 3.05) is 13.2 Å². The van der Waals surface area contributed by atoms with Gasteiger partial charge >= 0.3 is 5.97 Å². The summed E-state index contributed by atoms with van der Waals surface area (Å²) in [6.07, 6.45) is 7.63. The lowest BCUT2D eigenvalue weighted by atomic mass is 9.92. The maximum Gasteiger partial charge on any atom is 0.305 e. The molecule has 7 heteroatoms. The predicted octanol–water partition coefficient (Wildman–Crippen LogP) is 4.53. The monoisotopic (exact) mass is 546 g/mol. The van der Waals surface area contributed by atoms with Gasteiger partial charge in [-0.15, -0.1) is 13.2 Å². The summed E-state index contributed by atoms with van der Waals surface area (Å²) in [6.45, 7) is 7.80. The molecule has 0 aromatic heterocycles. The van der Waals surface area contributed by atoms with Crippen LogP contribution in [0.1, 0.15) is 55.2 Å². The Hall–Kier alpha value is -3.71. The van der Waals surface area contributed by atoms with Crippen LogP contribution in [0, 0.1) is 5.92 Å². The average molecular weight is 547 g/mol. The van der Waals surface area contributed by atoms with Gasteiger partial charge in [0.25, 0.3) is 0 Å². The van der Waals surface area contributed by atoms with Crippen LogP contribution in [0.3, 0.4) is 0 Å². The number of amides is 2. The number of benzene rings is 2. The number of aliphatic hydroxyl groups excluding tert-OH is 1. The lowest BCUT2D eigenvalue weighted by molar-refractivity contribution is -0.145. The van der Waals surface area contributed by atoms with Crippen LogP contribution in [-0.2, 0) is 38.5 Å². The second-order valence-corrected chi connectivity index (χ2v) is 10.4. The SMILES string of the molecule is C=CCCCCC(=O)OC[C@H](Cc1ccccc1)NC(=O)[C@H](CC=C)CC(=O)N1Cc2ccccc2C[C@H]1CO. The van der Waals surface area contributed by atoms with Crippen LogP contribution in [0.2, 0.25) is 0 Å². The van der Waals surface area contributed by atoms with Gasteiger partial charge in [-0.25, -0.2) is 0 Å². The minimum absolute atomic E-state index is 0.00231. The highest BCUT2D eigenvalue weighted by atomic mass is 16.5. The molecule has 214 valence electrons. The van der Waals surface area contributed by atoms with Crippen molar-refractivity contribution in [3.63, 3.8) is 0 Å². The summed E-state index contributed by atoms with van der Waals surface area (Å²) in [4.78, 5) is 40.9. The molecule has 3 atom stereocenters. The fraction of sp³-hybridized carbons (Fsp3) is 0.424. The zero-order chi connectivity index (χ0) is 28.7. The summed E-state index contributed by atoms with van der Waals surface area (Å²) in [6, 6.07) is 16.8. The number of rotatable bonds is 16. The number of carbonyl (C=O) groups excluding carboxylic acids is 3. The molecule has 0 saturated carbocycles. The Labute approximate surface area is 237 Å². The first-order valence-electron chi connectivity index (χ1n) is 14.1. The molecule has 0 radical (unpaired) electrons. The van der Waals surface area contributed by atoms with Crippen LogP contribution in [0.4, 0.5) is 0 Å². The van der Waals surface area contributed by atoms with Gasteiger partial charge in [-0.2, -0.15) is 0 Å². The van der Waals surface area contributed by atoms with Crippen LogP contribution >= 0.6 is 0 Å². The van der Waals surface area contributed by atoms with Crippen molar-refractivity contribution in [3.8, 4) is 0 Å². The molecule has 1 aliphatic rings. The molecule has 2 N–H and O–H groups in total. The van der Waals surface area contributed by atoms with Crippen LogP contribution in [-0.4, -0.2) is 53.1 Å². The largest absolute Gasteiger partial charge is 0.463 e. The number of hydrogen-bond donors (Lipinski definition) is 2. The van der Waals surface area contributed by atoms with Gasteiger partial charge in [0.1, 0.15) is 6.61 Å². The van der Waals surface area contributed by atoms with E-state index in [9.17, 15) is 19.5 Å². The maximum absolute atomic E-state index is 13.5. The summed E-state index contributed by atoms with van der Waals surface area (Å²) in [5.74, 6) is -1.39. The van der Waals surface area contributed by atoms with Crippen molar-refractivity contribution < 1.29 is 24.2 Å². The number of hydrogen-bond acceptors (Lipinski definition) is 5. The van der Waals surface area contributed by atoms with Gasteiger partial charge in [-0.1, -0.05) is 66.7 Å². The zero-order valence-electron chi connectivity index (χ0n) is 23.3. The minimum atomic E-state index is -0.630. The Bertz CT molecular complexity index is 1130. The fourth-order valence-corrected chi connectivity index (χ4v) is 5.05. The number of allylic oxidation sites excluding steroid dienone is 2. The predicted molar refractivity (Wildman–Crippen MR) is 156 cm³/mol. The summed E-state index contributed by atoms with van der Waals surface area (Å²) in [5.41, 5.74) is 3.19. The van der Waals surface area contributed by atoms with Gasteiger partial charge in [0.2, 0.25) is 11.8 Å². The third-order valence-corrected chi connectivity index (χ3v) is 7.29. The van der Waals surface area contributed by atoms with Crippen molar-refractivity contribution in [1.29, 1.82) is 0 Å². The molecule has 2 aromatic rings. The molecule has 0 fully saturated rings. The summed E-state index contributed by atoms with van der Waals surface area (Å²) < 4.78 is 5.53. The second-order valence-electron chi connectivity index (χ2n) is 10.4. The first-order valence-corrected chi connectivity index (χ1v) is 14.1. The van der Waals surface area contributed by atoms with Crippen molar-refractivity contribution >= 4 is 17.8 Å². The van der Waals surface area contributed by atoms with Gasteiger partial charge in [0, 0.05) is 19.4 Å². The van der Waals surface area contributed by atoms with E-state index in [-0.39, 0.29) is 43.5 Å². The number of nitrogens with zero attached hydrogens (tertiary/aromatic N) is 1. The van der Waals surface area contributed by atoms with Crippen LogP contribution in [0.25, 0.3) is 0 Å². The number of ether oxygens (including phenoxy) is 1. The molecule has 0 bridgehead atoms. The van der Waals surface area contributed by atoms with Crippen molar-refractivity contribution in [2.24, 2.45) is 5.92 Å². The standard InChI is InChI=1S/C33H42N2O5/c1-3-5-6-10-18-32(38)40-24-29(19-25-14-8-7-9-15-25)34-33(39)27(13-4-2)21-31(37)35-22-28-17-12-11-16-26(28)20-30(35)23-36/h3-4,7-9,11-12,14-17,27,29-30,36H,1-2,5-6,10,13,18-24H2,(H,34,39)/t27-,29+,30+/m1/s1. The van der Waals surface area contributed by atoms with Crippen LogP contribution < -0.4 is 5.32 Å². The molecular weight excluding hydrogens is 504 g/mol. The normalized spacial score (nSPS) is 15.8. The molecule has 2 amide bonds. The Balaban J connectivity index is 1.65. The lowest BCUT2D eigenvalue weighted by Gasteiger charge is -2.36. The maximum atomic E-state index is 13.5. The summed E-state index contributed by atoms with van der Waals surface area (Å²) in [5, 5.41) is 13.0. The quantitative estimate of drug-likeness (QED) is 0.183. The van der Waals surface area contributed by atoms with E-state index in [2.05, 4.69) is 18.5 Å². The fourth-order valence-electron chi connectivity index (χ4n) is 5.05. The Kier molecular flexibility index (Phi) is 12.6. The smallest absolute Gasteiger partial charge is 0.305 e. The molecule has 2 aromatic carbocycles. The number of nitrogens with one attached hydrogen (secondary N) is 1. The molecule has 0 aliphatic carbocycles. The molecule has 7 nitrogen and oxygen atoms in total. The minimum Gasteiger partial charge on any atom is -0.463 e. The van der Waals surface area contributed by atoms with Gasteiger partial charge < -0.3 is 20.1 Å². The molecular formula is C33H42N2O5. The zero-order valence-corrected chi connectivity index (χ0v) is 23.3. The Morgan fingerprint density at radius 1 is 1.02 bits per heavy atom. The van der Waals surface area contributed by atoms with E-state index in [0.29, 0.717) is 32.2 Å². The van der Waals surface area contributed by atoms with Gasteiger partial charge in [0.05, 0.1) is 24.6 Å². The molecule has 40 heavy (non-hydrogen) atoms. The topological polar surface area (TPSA) is 95.9 Å². The number of aliphatic hydroxyl groups is 1. The highest BCUT2D eigenvalue weighted by Crippen LogP contribution is 2.25. The highest BCUT2D eigenvalue weighted by Gasteiger charge is 2.32. The third-order valence-electron chi connectivity index (χ3n) is 7.29. The van der Waals surface area contributed by atoms with E-state index in [0.717, 1.165) is 36.0 Å². The van der Waals surface area contributed by atoms with Gasteiger partial charge in [-0.3, -0.25) is 14.4 Å². The van der Waals surface area contributed by atoms with Crippen molar-refractivity contribution in [3.05, 3.63) is 96.6 Å². The number of esters is 1. The first-order chi connectivity index (χ1) is 19.4. The number of fused-ring (bicyclic) bond motifs is 1. The molecule has 1 heterocycles. The van der Waals surface area contributed by atoms with E-state index in [1.54, 1.807) is 11.0 Å². The van der Waals surface area contributed by atoms with Crippen molar-refractivity contribution in [1.82, 2.24) is 10.2 Å². The Morgan fingerprint density at radius 2 is 1.75 bits per heavy atom. The van der Waals surface area contributed by atoms with Gasteiger partial charge in [-0.05, 0) is 55.2 Å². The molecule has 0 spiro atoms. The van der Waals surface area contributed by atoms with E-state index >= 15 is 0 Å². The van der Waals surface area contributed by atoms with Crippen molar-refractivity contribution in [2.45, 2.75) is 70.0 Å². The van der Waals surface area contributed by atoms with E-state index < -0.39 is 12.0 Å². The molecule has 0 unspecified atom stereocenters. The van der Waals surface area contributed by atoms with Gasteiger partial charge in [0.15, 0.2) is 0 Å². The molecule has 1 aliphatic heterocycles. The van der Waals surface area contributed by atoms with E-state index in [1.165, 1.54) is 0 Å². The highest BCUT2D eigenvalue weighted by molar-refractivity contribution is 5.86. The summed E-state index contributed by atoms with van der Waals surface area (Å²) in [7, 11) is 0. The lowest BCUT2D eigenvalue weighted by Crippen LogP contribution is -2.48. The Morgan fingerprint density at radius 3 is 2.45 bits per heavy atom. The van der Waals surface area contributed by atoms with Crippen LogP contribution in [0.5, 0.6) is 0 Å². The molecule has 3 rings (SSSR count). The van der Waals surface area contributed by atoms with E-state index in [4.69, 9.17) is 4.74 Å². The number of unbranched alkanes of at least 4 members (excludes halogenated alkanes) is 2. The average Bonchev–Trinajstić information content (AvgIpc) is 2.97. The van der Waals surface area contributed by atoms with E-state index in [1.807, 2.05) is 60.7 Å². The first kappa shape index (κ1) is 30.8. The second kappa shape index (κ2) is 16.4. The third kappa shape index (κ3) is 9.49. The molecule has 0 saturated heterocycles. The van der Waals surface area contributed by atoms with Crippen LogP contribution in [0.15, 0.2) is 79.9 Å². The number of carbonyl (C=O) groups is 3.